The Hall–Kier alpha value is -1.05. The van der Waals surface area contributed by atoms with Crippen LogP contribution in [0.1, 0.15) is 40.5 Å². The average molecular weight is 210 g/mol. The van der Waals surface area contributed by atoms with E-state index in [4.69, 9.17) is 4.74 Å². The Labute approximate surface area is 93.0 Å². The Morgan fingerprint density at radius 2 is 2.07 bits per heavy atom. The molecule has 0 fully saturated rings. The van der Waals surface area contributed by atoms with Crippen molar-refractivity contribution in [2.45, 2.75) is 46.6 Å². The number of carbonyl (C=O) groups is 1. The van der Waals surface area contributed by atoms with Gasteiger partial charge in [-0.3, -0.25) is 4.79 Å². The zero-order valence-corrected chi connectivity index (χ0v) is 10.2. The molecular formula is C13H22O2. The lowest BCUT2D eigenvalue weighted by atomic mass is 9.87. The van der Waals surface area contributed by atoms with Gasteiger partial charge < -0.3 is 4.74 Å². The minimum Gasteiger partial charge on any atom is -0.461 e. The number of rotatable bonds is 6. The van der Waals surface area contributed by atoms with E-state index in [0.717, 1.165) is 12.8 Å². The minimum atomic E-state index is -0.148. The highest BCUT2D eigenvalue weighted by Gasteiger charge is 2.10. The van der Waals surface area contributed by atoms with Gasteiger partial charge in [-0.1, -0.05) is 39.0 Å². The molecule has 1 atom stereocenters. The molecule has 0 aromatic rings. The van der Waals surface area contributed by atoms with E-state index >= 15 is 0 Å². The second-order valence-corrected chi connectivity index (χ2v) is 5.06. The van der Waals surface area contributed by atoms with E-state index in [1.54, 1.807) is 0 Å². The summed E-state index contributed by atoms with van der Waals surface area (Å²) in [7, 11) is 0. The first-order valence-electron chi connectivity index (χ1n) is 5.27. The van der Waals surface area contributed by atoms with Crippen LogP contribution in [0.2, 0.25) is 0 Å². The van der Waals surface area contributed by atoms with Crippen LogP contribution >= 0.6 is 0 Å². The Balaban J connectivity index is 3.85. The molecule has 0 saturated heterocycles. The maximum Gasteiger partial charge on any atom is 0.293 e. The fourth-order valence-electron chi connectivity index (χ4n) is 1.38. The molecule has 0 saturated carbocycles. The fourth-order valence-corrected chi connectivity index (χ4v) is 1.38. The van der Waals surface area contributed by atoms with Gasteiger partial charge in [-0.25, -0.2) is 0 Å². The average Bonchev–Trinajstić information content (AvgIpc) is 2.00. The molecule has 2 nitrogen and oxygen atoms in total. The van der Waals surface area contributed by atoms with Gasteiger partial charge in [-0.15, -0.1) is 0 Å². The topological polar surface area (TPSA) is 26.3 Å². The largest absolute Gasteiger partial charge is 0.461 e. The van der Waals surface area contributed by atoms with E-state index in [0.29, 0.717) is 6.47 Å². The van der Waals surface area contributed by atoms with Gasteiger partial charge in [0.15, 0.2) is 0 Å². The number of hydrogen-bond acceptors (Lipinski definition) is 2. The molecule has 86 valence electrons. The van der Waals surface area contributed by atoms with Crippen molar-refractivity contribution in [3.63, 3.8) is 0 Å². The van der Waals surface area contributed by atoms with Crippen molar-refractivity contribution in [3.05, 3.63) is 24.3 Å². The van der Waals surface area contributed by atoms with Crippen LogP contribution in [-0.2, 0) is 9.53 Å². The first-order valence-corrected chi connectivity index (χ1v) is 5.27. The molecule has 0 aromatic heterocycles. The van der Waals surface area contributed by atoms with E-state index in [-0.39, 0.29) is 11.5 Å². The van der Waals surface area contributed by atoms with Gasteiger partial charge in [0.25, 0.3) is 6.47 Å². The fraction of sp³-hybridized carbons (Fsp3) is 0.615. The molecule has 15 heavy (non-hydrogen) atoms. The van der Waals surface area contributed by atoms with E-state index in [9.17, 15) is 4.79 Å². The van der Waals surface area contributed by atoms with Crippen molar-refractivity contribution in [1.29, 1.82) is 0 Å². The normalized spacial score (nSPS) is 13.9. The first-order chi connectivity index (χ1) is 6.85. The molecule has 0 aliphatic carbocycles. The maximum atomic E-state index is 10.0. The van der Waals surface area contributed by atoms with Gasteiger partial charge in [0.05, 0.1) is 0 Å². The van der Waals surface area contributed by atoms with Gasteiger partial charge in [0.1, 0.15) is 6.10 Å². The Bertz CT molecular complexity index is 233. The third-order valence-corrected chi connectivity index (χ3v) is 1.86. The standard InChI is InChI=1S/C13H22O2/c1-11(9-13(3,4)5)7-6-8-12(2)15-10-14/h6,8,10,12H,1,7,9H2,2-5H3/b8-6+. The monoisotopic (exact) mass is 210 g/mol. The maximum absolute atomic E-state index is 10.0. The number of allylic oxidation sites excluding steroid dienone is 2. The third-order valence-electron chi connectivity index (χ3n) is 1.86. The summed E-state index contributed by atoms with van der Waals surface area (Å²) in [6.07, 6.45) is 5.60. The molecule has 0 N–H and O–H groups in total. The van der Waals surface area contributed by atoms with Gasteiger partial charge in [-0.05, 0) is 31.3 Å². The lowest BCUT2D eigenvalue weighted by Gasteiger charge is -2.18. The van der Waals surface area contributed by atoms with Crippen molar-refractivity contribution in [1.82, 2.24) is 0 Å². The summed E-state index contributed by atoms with van der Waals surface area (Å²) < 4.78 is 4.73. The number of carbonyl (C=O) groups excluding carboxylic acids is 1. The zero-order chi connectivity index (χ0) is 11.9. The Kier molecular flexibility index (Phi) is 5.99. The highest BCUT2D eigenvalue weighted by Crippen LogP contribution is 2.24. The number of ether oxygens (including phenoxy) is 1. The molecule has 0 heterocycles. The van der Waals surface area contributed by atoms with Crippen LogP contribution in [0.5, 0.6) is 0 Å². The summed E-state index contributed by atoms with van der Waals surface area (Å²) >= 11 is 0. The van der Waals surface area contributed by atoms with Crippen molar-refractivity contribution in [2.24, 2.45) is 5.41 Å². The molecule has 0 aromatic carbocycles. The molecular weight excluding hydrogens is 188 g/mol. The SMILES string of the molecule is C=C(C/C=C/C(C)OC=O)CC(C)(C)C. The third kappa shape index (κ3) is 9.26. The second kappa shape index (κ2) is 6.44. The van der Waals surface area contributed by atoms with Crippen LogP contribution in [0.15, 0.2) is 24.3 Å². The summed E-state index contributed by atoms with van der Waals surface area (Å²) in [6, 6.07) is 0. The van der Waals surface area contributed by atoms with E-state index in [1.165, 1.54) is 5.57 Å². The van der Waals surface area contributed by atoms with Crippen molar-refractivity contribution < 1.29 is 9.53 Å². The predicted molar refractivity (Wildman–Crippen MR) is 63.6 cm³/mol. The molecule has 0 spiro atoms. The van der Waals surface area contributed by atoms with E-state index < -0.39 is 0 Å². The van der Waals surface area contributed by atoms with E-state index in [2.05, 4.69) is 27.4 Å². The van der Waals surface area contributed by atoms with Gasteiger partial charge in [0.2, 0.25) is 0 Å². The van der Waals surface area contributed by atoms with Crippen LogP contribution in [0.4, 0.5) is 0 Å². The summed E-state index contributed by atoms with van der Waals surface area (Å²) in [5, 5.41) is 0. The van der Waals surface area contributed by atoms with Crippen molar-refractivity contribution in [3.8, 4) is 0 Å². The van der Waals surface area contributed by atoms with E-state index in [1.807, 2.05) is 19.1 Å². The Morgan fingerprint density at radius 1 is 1.47 bits per heavy atom. The van der Waals surface area contributed by atoms with Gasteiger partial charge >= 0.3 is 0 Å². The lowest BCUT2D eigenvalue weighted by Crippen LogP contribution is -2.05. The van der Waals surface area contributed by atoms with Crippen molar-refractivity contribution >= 4 is 6.47 Å². The summed E-state index contributed by atoms with van der Waals surface area (Å²) in [5.74, 6) is 0. The highest BCUT2D eigenvalue weighted by molar-refractivity contribution is 5.37. The molecule has 0 bridgehead atoms. The molecule has 0 aliphatic heterocycles. The molecule has 0 radical (unpaired) electrons. The second-order valence-electron chi connectivity index (χ2n) is 5.06. The van der Waals surface area contributed by atoms with Crippen LogP contribution in [0.25, 0.3) is 0 Å². The molecule has 1 unspecified atom stereocenters. The quantitative estimate of drug-likeness (QED) is 0.495. The van der Waals surface area contributed by atoms with Crippen LogP contribution in [0.3, 0.4) is 0 Å². The molecule has 0 aliphatic rings. The smallest absolute Gasteiger partial charge is 0.293 e. The summed E-state index contributed by atoms with van der Waals surface area (Å²) in [5.41, 5.74) is 1.49. The van der Waals surface area contributed by atoms with Crippen LogP contribution < -0.4 is 0 Å². The van der Waals surface area contributed by atoms with Crippen LogP contribution in [0, 0.1) is 5.41 Å². The molecule has 2 heteroatoms. The van der Waals surface area contributed by atoms with Crippen molar-refractivity contribution in [2.75, 3.05) is 0 Å². The van der Waals surface area contributed by atoms with Gasteiger partial charge in [0, 0.05) is 0 Å². The Morgan fingerprint density at radius 3 is 2.53 bits per heavy atom. The van der Waals surface area contributed by atoms with Crippen LogP contribution in [-0.4, -0.2) is 12.6 Å². The minimum absolute atomic E-state index is 0.148. The van der Waals surface area contributed by atoms with Gasteiger partial charge in [-0.2, -0.15) is 0 Å². The molecule has 0 amide bonds. The molecule has 0 rings (SSSR count). The highest BCUT2D eigenvalue weighted by atomic mass is 16.5. The lowest BCUT2D eigenvalue weighted by molar-refractivity contribution is -0.130. The zero-order valence-electron chi connectivity index (χ0n) is 10.2. The number of hydrogen-bond donors (Lipinski definition) is 0. The summed E-state index contributed by atoms with van der Waals surface area (Å²) in [4.78, 5) is 10.0. The summed E-state index contributed by atoms with van der Waals surface area (Å²) in [6.45, 7) is 12.9. The predicted octanol–water partition coefficient (Wildman–Crippen LogP) is 3.49. The first kappa shape index (κ1) is 13.9.